The molecule has 0 amide bonds. The van der Waals surface area contributed by atoms with Crippen LogP contribution in [0.15, 0.2) is 194 Å². The summed E-state index contributed by atoms with van der Waals surface area (Å²) in [5.41, 5.74) is 11.0. The fraction of sp³-hybridized carbons (Fsp3) is 0. The van der Waals surface area contributed by atoms with Gasteiger partial charge in [-0.2, -0.15) is 0 Å². The second kappa shape index (κ2) is 13.3. The fourth-order valence-electron chi connectivity index (χ4n) is 8.02. The average Bonchev–Trinajstić information content (AvgIpc) is 3.83. The van der Waals surface area contributed by atoms with Crippen molar-refractivity contribution >= 4 is 53.3 Å². The Bertz CT molecular complexity index is 3230. The van der Waals surface area contributed by atoms with Crippen molar-refractivity contribution in [1.29, 1.82) is 0 Å². The molecule has 0 saturated carbocycles. The largest absolute Gasteiger partial charge is 0.309 e. The summed E-state index contributed by atoms with van der Waals surface area (Å²) in [4.78, 5) is 15.8. The lowest BCUT2D eigenvalue weighted by Crippen LogP contribution is -2.00. The molecule has 0 aliphatic heterocycles. The van der Waals surface area contributed by atoms with E-state index in [1.807, 2.05) is 29.5 Å². The van der Waals surface area contributed by atoms with Gasteiger partial charge in [0.25, 0.3) is 0 Å². The Morgan fingerprint density at radius 2 is 0.875 bits per heavy atom. The van der Waals surface area contributed by atoms with E-state index in [9.17, 15) is 0 Å². The summed E-state index contributed by atoms with van der Waals surface area (Å²) < 4.78 is 4.73. The topological polar surface area (TPSA) is 43.6 Å². The molecule has 262 valence electrons. The van der Waals surface area contributed by atoms with Crippen LogP contribution in [-0.4, -0.2) is 19.5 Å². The maximum atomic E-state index is 5.36. The van der Waals surface area contributed by atoms with Crippen molar-refractivity contribution in [2.24, 2.45) is 0 Å². The third-order valence-corrected chi connectivity index (χ3v) is 11.9. The van der Waals surface area contributed by atoms with E-state index < -0.39 is 0 Å². The van der Waals surface area contributed by atoms with Crippen molar-refractivity contribution in [1.82, 2.24) is 19.5 Å². The van der Waals surface area contributed by atoms with Crippen LogP contribution in [0.2, 0.25) is 0 Å². The summed E-state index contributed by atoms with van der Waals surface area (Å²) in [6, 6.07) is 68.5. The van der Waals surface area contributed by atoms with Crippen molar-refractivity contribution in [3.05, 3.63) is 194 Å². The molecule has 4 nitrogen and oxygen atoms in total. The molecule has 56 heavy (non-hydrogen) atoms. The van der Waals surface area contributed by atoms with E-state index in [1.165, 1.54) is 32.0 Å². The summed E-state index contributed by atoms with van der Waals surface area (Å²) in [6.45, 7) is 0. The van der Waals surface area contributed by atoms with Gasteiger partial charge in [0, 0.05) is 53.3 Å². The van der Waals surface area contributed by atoms with Crippen LogP contribution < -0.4 is 0 Å². The number of fused-ring (bicyclic) bond motifs is 6. The highest BCUT2D eigenvalue weighted by atomic mass is 32.1. The van der Waals surface area contributed by atoms with Crippen LogP contribution >= 0.6 is 11.3 Å². The first kappa shape index (κ1) is 32.2. The van der Waals surface area contributed by atoms with Crippen LogP contribution in [0.1, 0.15) is 0 Å². The van der Waals surface area contributed by atoms with Gasteiger partial charge in [-0.05, 0) is 70.8 Å². The van der Waals surface area contributed by atoms with E-state index in [4.69, 9.17) is 15.0 Å². The number of rotatable bonds is 6. The molecule has 5 heteroatoms. The summed E-state index contributed by atoms with van der Waals surface area (Å²) in [5, 5.41) is 4.75. The minimum Gasteiger partial charge on any atom is -0.309 e. The van der Waals surface area contributed by atoms with E-state index >= 15 is 0 Å². The molecule has 11 aromatic rings. The lowest BCUT2D eigenvalue weighted by molar-refractivity contribution is 1.08. The van der Waals surface area contributed by atoms with Gasteiger partial charge in [-0.25, -0.2) is 15.0 Å². The predicted molar refractivity (Wildman–Crippen MR) is 234 cm³/mol. The Kier molecular flexibility index (Phi) is 7.64. The van der Waals surface area contributed by atoms with Crippen LogP contribution in [0.3, 0.4) is 0 Å². The normalized spacial score (nSPS) is 11.6. The highest BCUT2D eigenvalue weighted by Crippen LogP contribution is 2.46. The van der Waals surface area contributed by atoms with Crippen LogP contribution in [0.25, 0.3) is 104 Å². The summed E-state index contributed by atoms with van der Waals surface area (Å²) in [6.07, 6.45) is 0. The van der Waals surface area contributed by atoms with E-state index in [2.05, 4.69) is 180 Å². The van der Waals surface area contributed by atoms with Crippen LogP contribution in [0.4, 0.5) is 0 Å². The quantitative estimate of drug-likeness (QED) is 0.171. The van der Waals surface area contributed by atoms with Gasteiger partial charge in [0.15, 0.2) is 17.5 Å². The maximum Gasteiger partial charge on any atom is 0.165 e. The van der Waals surface area contributed by atoms with Crippen molar-refractivity contribution < 1.29 is 0 Å². The highest BCUT2D eigenvalue weighted by molar-refractivity contribution is 7.26. The first-order valence-corrected chi connectivity index (χ1v) is 19.6. The van der Waals surface area contributed by atoms with Gasteiger partial charge in [0.1, 0.15) is 0 Å². The SMILES string of the molecule is c1ccc(-c2cc(-c3nc(-c4ccccc4)nc(-c4ccc5c(c4)c4ccccc4n5-c4ccccc4)n3)c3sc4c(-c5ccccc5)cccc4c3c2)cc1. The molecule has 0 aliphatic carbocycles. The van der Waals surface area contributed by atoms with Crippen molar-refractivity contribution in [3.8, 4) is 62.1 Å². The molecule has 0 bridgehead atoms. The van der Waals surface area contributed by atoms with E-state index in [0.29, 0.717) is 17.5 Å². The smallest absolute Gasteiger partial charge is 0.165 e. The molecule has 0 fully saturated rings. The van der Waals surface area contributed by atoms with Crippen LogP contribution in [0.5, 0.6) is 0 Å². The summed E-state index contributed by atoms with van der Waals surface area (Å²) in [5.74, 6) is 1.93. The van der Waals surface area contributed by atoms with Gasteiger partial charge in [-0.1, -0.05) is 146 Å². The summed E-state index contributed by atoms with van der Waals surface area (Å²) >= 11 is 1.81. The first-order chi connectivity index (χ1) is 27.8. The summed E-state index contributed by atoms with van der Waals surface area (Å²) in [7, 11) is 0. The average molecular weight is 733 g/mol. The number of para-hydroxylation sites is 2. The first-order valence-electron chi connectivity index (χ1n) is 18.8. The van der Waals surface area contributed by atoms with Gasteiger partial charge >= 0.3 is 0 Å². The van der Waals surface area contributed by atoms with Crippen molar-refractivity contribution in [2.75, 3.05) is 0 Å². The molecule has 0 radical (unpaired) electrons. The van der Waals surface area contributed by atoms with Gasteiger partial charge < -0.3 is 4.57 Å². The number of nitrogens with zero attached hydrogens (tertiary/aromatic N) is 4. The molecular formula is C51H32N4S. The van der Waals surface area contributed by atoms with Crippen LogP contribution in [-0.2, 0) is 0 Å². The molecule has 11 rings (SSSR count). The molecule has 8 aromatic carbocycles. The Hall–Kier alpha value is -7.21. The zero-order valence-electron chi connectivity index (χ0n) is 30.2. The second-order valence-electron chi connectivity index (χ2n) is 14.0. The van der Waals surface area contributed by atoms with Gasteiger partial charge in [0.05, 0.1) is 11.0 Å². The Morgan fingerprint density at radius 3 is 1.62 bits per heavy atom. The highest BCUT2D eigenvalue weighted by Gasteiger charge is 2.21. The Balaban J connectivity index is 1.18. The predicted octanol–water partition coefficient (Wildman–Crippen LogP) is 13.7. The molecule has 0 N–H and O–H groups in total. The molecule has 3 aromatic heterocycles. The number of hydrogen-bond acceptors (Lipinski definition) is 4. The fourth-order valence-corrected chi connectivity index (χ4v) is 9.34. The van der Waals surface area contributed by atoms with Crippen molar-refractivity contribution in [2.45, 2.75) is 0 Å². The van der Waals surface area contributed by atoms with E-state index in [1.54, 1.807) is 0 Å². The number of thiophene rings is 1. The van der Waals surface area contributed by atoms with E-state index in [0.717, 1.165) is 54.6 Å². The minimum absolute atomic E-state index is 0.636. The van der Waals surface area contributed by atoms with Gasteiger partial charge in [-0.15, -0.1) is 11.3 Å². The molecule has 3 heterocycles. The zero-order chi connectivity index (χ0) is 37.0. The van der Waals surface area contributed by atoms with Gasteiger partial charge in [-0.3, -0.25) is 0 Å². The standard InChI is InChI=1S/C51H32N4S/c1-5-16-33(17-6-1)37-31-43-41-26-15-25-39(34-18-7-2-8-19-34)47(41)56-48(43)44(32-37)51-53-49(35-20-9-3-10-21-35)52-50(54-51)36-28-29-46-42(30-36)40-24-13-14-27-45(40)55(46)38-22-11-4-12-23-38/h1-32H. The number of benzene rings is 8. The molecule has 0 aliphatic rings. The Labute approximate surface area is 327 Å². The number of hydrogen-bond donors (Lipinski definition) is 0. The van der Waals surface area contributed by atoms with Crippen molar-refractivity contribution in [3.63, 3.8) is 0 Å². The zero-order valence-corrected chi connectivity index (χ0v) is 31.0. The molecule has 0 unspecified atom stereocenters. The van der Waals surface area contributed by atoms with E-state index in [-0.39, 0.29) is 0 Å². The molecular weight excluding hydrogens is 701 g/mol. The van der Waals surface area contributed by atoms with Gasteiger partial charge in [0.2, 0.25) is 0 Å². The Morgan fingerprint density at radius 1 is 0.321 bits per heavy atom. The van der Waals surface area contributed by atoms with Crippen LogP contribution in [0, 0.1) is 0 Å². The third-order valence-electron chi connectivity index (χ3n) is 10.6. The monoisotopic (exact) mass is 732 g/mol. The third kappa shape index (κ3) is 5.40. The lowest BCUT2D eigenvalue weighted by atomic mass is 9.97. The number of aromatic nitrogens is 4. The molecule has 0 saturated heterocycles. The molecule has 0 spiro atoms. The second-order valence-corrected chi connectivity index (χ2v) is 15.0. The lowest BCUT2D eigenvalue weighted by Gasteiger charge is -2.11. The molecule has 0 atom stereocenters. The minimum atomic E-state index is 0.636. The maximum absolute atomic E-state index is 5.36.